The molecule has 0 rings (SSSR count). The molecular formula is C12H24BN3O2. The van der Waals surface area contributed by atoms with Gasteiger partial charge in [-0.1, -0.05) is 30.0 Å². The Morgan fingerprint density at radius 1 is 1.56 bits per heavy atom. The topological polar surface area (TPSA) is 78.2 Å². The van der Waals surface area contributed by atoms with Crippen molar-refractivity contribution in [3.63, 3.8) is 0 Å². The standard InChI is InChI=1S/C12H24BN3O2/c1-4-7-12(8-5-6-9-15-16-14)13-18-11(3)10(2)17/h8,10-11,13,17H,4-7,9H2,1-3H3/b12-8+. The zero-order valence-electron chi connectivity index (χ0n) is 11.7. The average Bonchev–Trinajstić information content (AvgIpc) is 2.34. The number of aliphatic hydroxyl groups is 1. The van der Waals surface area contributed by atoms with Crippen LogP contribution in [0.25, 0.3) is 10.4 Å². The molecule has 0 aliphatic carbocycles. The van der Waals surface area contributed by atoms with E-state index in [2.05, 4.69) is 23.0 Å². The van der Waals surface area contributed by atoms with Gasteiger partial charge in [0.25, 0.3) is 0 Å². The number of nitrogens with zero attached hydrogens (tertiary/aromatic N) is 3. The zero-order chi connectivity index (χ0) is 13.8. The summed E-state index contributed by atoms with van der Waals surface area (Å²) in [6.45, 7) is 6.27. The minimum Gasteiger partial charge on any atom is -0.430 e. The average molecular weight is 253 g/mol. The second kappa shape index (κ2) is 11.1. The molecule has 0 aliphatic heterocycles. The van der Waals surface area contributed by atoms with Gasteiger partial charge in [-0.25, -0.2) is 0 Å². The summed E-state index contributed by atoms with van der Waals surface area (Å²) in [5.74, 6) is 0. The van der Waals surface area contributed by atoms with Crippen molar-refractivity contribution in [2.45, 2.75) is 58.7 Å². The normalized spacial score (nSPS) is 14.8. The minimum absolute atomic E-state index is 0.145. The van der Waals surface area contributed by atoms with Gasteiger partial charge >= 0.3 is 7.48 Å². The van der Waals surface area contributed by atoms with E-state index in [0.717, 1.165) is 25.7 Å². The summed E-state index contributed by atoms with van der Waals surface area (Å²) in [4.78, 5) is 2.72. The first-order chi connectivity index (χ1) is 8.61. The monoisotopic (exact) mass is 253 g/mol. The number of aliphatic hydroxyl groups excluding tert-OH is 1. The van der Waals surface area contributed by atoms with E-state index < -0.39 is 6.10 Å². The van der Waals surface area contributed by atoms with Crippen LogP contribution in [0.5, 0.6) is 0 Å². The fourth-order valence-corrected chi connectivity index (χ4v) is 1.44. The highest BCUT2D eigenvalue weighted by atomic mass is 16.5. The molecular weight excluding hydrogens is 229 g/mol. The van der Waals surface area contributed by atoms with Crippen molar-refractivity contribution in [2.75, 3.05) is 6.54 Å². The molecule has 0 aromatic carbocycles. The highest BCUT2D eigenvalue weighted by Gasteiger charge is 2.10. The van der Waals surface area contributed by atoms with E-state index in [0.29, 0.717) is 14.0 Å². The van der Waals surface area contributed by atoms with E-state index in [1.54, 1.807) is 6.92 Å². The third-order valence-electron chi connectivity index (χ3n) is 2.74. The lowest BCUT2D eigenvalue weighted by atomic mass is 9.82. The van der Waals surface area contributed by atoms with Crippen LogP contribution >= 0.6 is 0 Å². The van der Waals surface area contributed by atoms with Gasteiger partial charge in [0, 0.05) is 11.5 Å². The van der Waals surface area contributed by atoms with E-state index in [1.165, 1.54) is 5.47 Å². The largest absolute Gasteiger partial charge is 0.430 e. The highest BCUT2D eigenvalue weighted by Crippen LogP contribution is 2.08. The Morgan fingerprint density at radius 2 is 2.28 bits per heavy atom. The molecule has 6 heteroatoms. The van der Waals surface area contributed by atoms with E-state index in [9.17, 15) is 5.11 Å². The van der Waals surface area contributed by atoms with Crippen LogP contribution in [0.2, 0.25) is 0 Å². The van der Waals surface area contributed by atoms with Crippen molar-refractivity contribution < 1.29 is 9.76 Å². The van der Waals surface area contributed by atoms with Gasteiger partial charge in [0.15, 0.2) is 0 Å². The lowest BCUT2D eigenvalue weighted by Gasteiger charge is -2.16. The summed E-state index contributed by atoms with van der Waals surface area (Å²) in [6.07, 6.45) is 5.42. The Labute approximate surface area is 110 Å². The molecule has 0 aromatic heterocycles. The molecule has 2 atom stereocenters. The molecule has 0 heterocycles. The van der Waals surface area contributed by atoms with Crippen LogP contribution in [0, 0.1) is 0 Å². The lowest BCUT2D eigenvalue weighted by Crippen LogP contribution is -2.25. The Balaban J connectivity index is 4.03. The lowest BCUT2D eigenvalue weighted by molar-refractivity contribution is 0.0637. The van der Waals surface area contributed by atoms with Crippen molar-refractivity contribution in [3.05, 3.63) is 22.0 Å². The third-order valence-corrected chi connectivity index (χ3v) is 2.74. The molecule has 0 amide bonds. The van der Waals surface area contributed by atoms with Crippen LogP contribution < -0.4 is 0 Å². The molecule has 0 aliphatic rings. The quantitative estimate of drug-likeness (QED) is 0.213. The Morgan fingerprint density at radius 3 is 2.83 bits per heavy atom. The van der Waals surface area contributed by atoms with Gasteiger partial charge in [-0.05, 0) is 38.6 Å². The van der Waals surface area contributed by atoms with E-state index in [1.807, 2.05) is 6.92 Å². The third kappa shape index (κ3) is 9.11. The molecule has 0 bridgehead atoms. The van der Waals surface area contributed by atoms with Crippen molar-refractivity contribution in [2.24, 2.45) is 5.11 Å². The molecule has 0 radical (unpaired) electrons. The maximum absolute atomic E-state index is 9.35. The van der Waals surface area contributed by atoms with Gasteiger partial charge < -0.3 is 9.76 Å². The number of rotatable bonds is 10. The Hall–Kier alpha value is -0.965. The molecule has 0 fully saturated rings. The van der Waals surface area contributed by atoms with Crippen molar-refractivity contribution in [3.8, 4) is 0 Å². The zero-order valence-corrected chi connectivity index (χ0v) is 11.7. The first-order valence-electron chi connectivity index (χ1n) is 6.60. The van der Waals surface area contributed by atoms with Crippen LogP contribution in [-0.4, -0.2) is 31.3 Å². The number of azide groups is 1. The molecule has 102 valence electrons. The van der Waals surface area contributed by atoms with Gasteiger partial charge in [0.2, 0.25) is 0 Å². The fraction of sp³-hybridized carbons (Fsp3) is 0.833. The summed E-state index contributed by atoms with van der Waals surface area (Å²) in [7, 11) is 0.571. The van der Waals surface area contributed by atoms with Crippen LogP contribution in [-0.2, 0) is 4.65 Å². The van der Waals surface area contributed by atoms with Gasteiger partial charge in [-0.15, -0.1) is 0 Å². The molecule has 1 N–H and O–H groups in total. The Kier molecular flexibility index (Phi) is 10.5. The maximum atomic E-state index is 9.35. The second-order valence-corrected chi connectivity index (χ2v) is 4.47. The smallest absolute Gasteiger partial charge is 0.304 e. The van der Waals surface area contributed by atoms with Gasteiger partial charge in [0.1, 0.15) is 0 Å². The van der Waals surface area contributed by atoms with E-state index in [4.69, 9.17) is 10.2 Å². The molecule has 18 heavy (non-hydrogen) atoms. The summed E-state index contributed by atoms with van der Waals surface area (Å²) in [5.41, 5.74) is 9.41. The Bertz CT molecular complexity index is 289. The van der Waals surface area contributed by atoms with Gasteiger partial charge in [-0.2, -0.15) is 0 Å². The van der Waals surface area contributed by atoms with Gasteiger partial charge in [0.05, 0.1) is 12.2 Å². The summed E-state index contributed by atoms with van der Waals surface area (Å²) >= 11 is 0. The number of hydrogen-bond donors (Lipinski definition) is 1. The molecule has 0 saturated heterocycles. The second-order valence-electron chi connectivity index (χ2n) is 4.47. The number of unbranched alkanes of at least 4 members (excludes halogenated alkanes) is 1. The van der Waals surface area contributed by atoms with E-state index in [-0.39, 0.29) is 6.10 Å². The summed E-state index contributed by atoms with van der Waals surface area (Å²) in [5, 5.41) is 12.8. The SMILES string of the molecule is CCC/C(BOC(C)C(C)O)=C\CCCN=[N+]=[N-]. The first kappa shape index (κ1) is 17.0. The van der Waals surface area contributed by atoms with Crippen LogP contribution in [0.1, 0.15) is 46.5 Å². The first-order valence-corrected chi connectivity index (χ1v) is 6.60. The number of allylic oxidation sites excluding steroid dienone is 2. The molecule has 5 nitrogen and oxygen atoms in total. The van der Waals surface area contributed by atoms with Crippen molar-refractivity contribution in [1.29, 1.82) is 0 Å². The van der Waals surface area contributed by atoms with Crippen LogP contribution in [0.15, 0.2) is 16.7 Å². The number of hydrogen-bond acceptors (Lipinski definition) is 3. The summed E-state index contributed by atoms with van der Waals surface area (Å²) in [6, 6.07) is 0. The van der Waals surface area contributed by atoms with E-state index >= 15 is 0 Å². The minimum atomic E-state index is -0.446. The van der Waals surface area contributed by atoms with Crippen LogP contribution in [0.3, 0.4) is 0 Å². The predicted octanol–water partition coefficient (Wildman–Crippen LogP) is 2.90. The highest BCUT2D eigenvalue weighted by molar-refractivity contribution is 6.38. The molecule has 0 spiro atoms. The fourth-order valence-electron chi connectivity index (χ4n) is 1.44. The predicted molar refractivity (Wildman–Crippen MR) is 75.6 cm³/mol. The maximum Gasteiger partial charge on any atom is 0.304 e. The molecule has 0 saturated carbocycles. The van der Waals surface area contributed by atoms with Crippen molar-refractivity contribution in [1.82, 2.24) is 0 Å². The molecule has 0 aromatic rings. The summed E-state index contributed by atoms with van der Waals surface area (Å²) < 4.78 is 5.60. The van der Waals surface area contributed by atoms with Crippen LogP contribution in [0.4, 0.5) is 0 Å². The van der Waals surface area contributed by atoms with Crippen molar-refractivity contribution >= 4 is 7.48 Å². The molecule has 2 unspecified atom stereocenters. The van der Waals surface area contributed by atoms with Gasteiger partial charge in [-0.3, -0.25) is 0 Å².